The number of thiocarbonyl (C=S) groups is 1. The van der Waals surface area contributed by atoms with Gasteiger partial charge in [-0.2, -0.15) is 0 Å². The highest BCUT2D eigenvalue weighted by Crippen LogP contribution is 2.39. The second-order valence-corrected chi connectivity index (χ2v) is 15.8. The van der Waals surface area contributed by atoms with E-state index >= 15 is 0 Å². The monoisotopic (exact) mass is 401 g/mol. The lowest BCUT2D eigenvalue weighted by atomic mass is 9.87. The van der Waals surface area contributed by atoms with E-state index in [0.717, 1.165) is 5.75 Å². The number of thioether (sulfide) groups is 1. The molecule has 6 heteroatoms. The predicted octanol–water partition coefficient (Wildman–Crippen LogP) is 5.62. The zero-order valence-electron chi connectivity index (χ0n) is 17.3. The van der Waals surface area contributed by atoms with Crippen molar-refractivity contribution in [2.75, 3.05) is 5.75 Å². The molecule has 0 radical (unpaired) electrons. The number of carbonyl (C=O) groups excluding carboxylic acids is 1. The van der Waals surface area contributed by atoms with Gasteiger partial charge in [0.2, 0.25) is 5.91 Å². The maximum atomic E-state index is 13.1. The third-order valence-electron chi connectivity index (χ3n) is 5.18. The normalized spacial score (nSPS) is 21.2. The molecule has 0 aromatic carbocycles. The van der Waals surface area contributed by atoms with E-state index in [4.69, 9.17) is 16.6 Å². The summed E-state index contributed by atoms with van der Waals surface area (Å²) in [6, 6.07) is 0.150. The first-order valence-electron chi connectivity index (χ1n) is 9.00. The van der Waals surface area contributed by atoms with Crippen LogP contribution in [0.25, 0.3) is 0 Å². The summed E-state index contributed by atoms with van der Waals surface area (Å²) in [4.78, 5) is 14.9. The van der Waals surface area contributed by atoms with E-state index in [-0.39, 0.29) is 28.5 Å². The van der Waals surface area contributed by atoms with Crippen LogP contribution in [-0.2, 0) is 9.22 Å². The number of hydrogen-bond acceptors (Lipinski definition) is 4. The van der Waals surface area contributed by atoms with E-state index in [9.17, 15) is 4.79 Å². The molecule has 0 aliphatic carbocycles. The molecule has 0 N–H and O–H groups in total. The summed E-state index contributed by atoms with van der Waals surface area (Å²) in [6.07, 6.45) is 4.15. The van der Waals surface area contributed by atoms with Crippen LogP contribution in [0.5, 0.6) is 0 Å². The summed E-state index contributed by atoms with van der Waals surface area (Å²) in [7, 11) is -1.94. The Morgan fingerprint density at radius 2 is 1.92 bits per heavy atom. The van der Waals surface area contributed by atoms with Gasteiger partial charge in [0.05, 0.1) is 18.6 Å². The molecule has 1 saturated heterocycles. The number of carbonyl (C=O) groups is 1. The molecule has 1 fully saturated rings. The maximum absolute atomic E-state index is 13.1. The summed E-state index contributed by atoms with van der Waals surface area (Å²) in [5.41, 5.74) is 0.0135. The summed E-state index contributed by atoms with van der Waals surface area (Å²) in [6.45, 7) is 19.6. The average molecular weight is 402 g/mol. The van der Waals surface area contributed by atoms with Crippen molar-refractivity contribution in [2.24, 2.45) is 5.41 Å². The minimum absolute atomic E-state index is 0.0135. The number of nitrogens with zero attached hydrogens (tertiary/aromatic N) is 1. The second-order valence-electron chi connectivity index (χ2n) is 9.37. The highest BCUT2D eigenvalue weighted by atomic mass is 32.2. The van der Waals surface area contributed by atoms with E-state index < -0.39 is 8.32 Å². The highest BCUT2D eigenvalue weighted by Gasteiger charge is 2.43. The Morgan fingerprint density at radius 3 is 2.36 bits per heavy atom. The summed E-state index contributed by atoms with van der Waals surface area (Å²) < 4.78 is 7.19. The smallest absolute Gasteiger partial charge is 0.231 e. The van der Waals surface area contributed by atoms with Crippen LogP contribution < -0.4 is 0 Å². The van der Waals surface area contributed by atoms with Crippen LogP contribution in [0.3, 0.4) is 0 Å². The SMILES string of the molecule is C/C=C/[C@H](CC(=O)N1C(=S)SC[C@H]1C(C)(C)C)O[Si](C)(C)C(C)(C)C. The third kappa shape index (κ3) is 5.91. The molecule has 1 aliphatic rings. The van der Waals surface area contributed by atoms with Crippen molar-refractivity contribution in [1.29, 1.82) is 0 Å². The van der Waals surface area contributed by atoms with Gasteiger partial charge in [-0.15, -0.1) is 0 Å². The van der Waals surface area contributed by atoms with Crippen molar-refractivity contribution in [3.05, 3.63) is 12.2 Å². The third-order valence-corrected chi connectivity index (χ3v) is 11.2. The molecule has 1 aliphatic heterocycles. The van der Waals surface area contributed by atoms with Crippen molar-refractivity contribution < 1.29 is 9.22 Å². The zero-order valence-corrected chi connectivity index (χ0v) is 19.9. The standard InChI is InChI=1S/C19H35NO2S2Si/c1-10-11-14(22-25(8,9)19(5,6)7)12-16(21)20-15(18(2,3)4)13-24-17(20)23/h10-11,14-15H,12-13H2,1-9H3/b11-10+/t14-,15+/m1/s1. The molecule has 144 valence electrons. The molecular weight excluding hydrogens is 366 g/mol. The lowest BCUT2D eigenvalue weighted by molar-refractivity contribution is -0.131. The highest BCUT2D eigenvalue weighted by molar-refractivity contribution is 8.23. The van der Waals surface area contributed by atoms with Crippen LogP contribution in [0.4, 0.5) is 0 Å². The number of hydrogen-bond donors (Lipinski definition) is 0. The number of rotatable bonds is 5. The van der Waals surface area contributed by atoms with Crippen LogP contribution >= 0.6 is 24.0 Å². The molecule has 1 amide bonds. The van der Waals surface area contributed by atoms with E-state index in [1.807, 2.05) is 24.0 Å². The molecule has 1 rings (SSSR count). The lowest BCUT2D eigenvalue weighted by Crippen LogP contribution is -2.48. The van der Waals surface area contributed by atoms with Gasteiger partial charge in [-0.05, 0) is 30.5 Å². The van der Waals surface area contributed by atoms with Crippen molar-refractivity contribution in [2.45, 2.75) is 85.2 Å². The molecule has 0 bridgehead atoms. The van der Waals surface area contributed by atoms with E-state index in [1.165, 1.54) is 0 Å². The van der Waals surface area contributed by atoms with Crippen molar-refractivity contribution >= 4 is 42.5 Å². The topological polar surface area (TPSA) is 29.5 Å². The first-order valence-corrected chi connectivity index (χ1v) is 13.3. The van der Waals surface area contributed by atoms with Gasteiger partial charge < -0.3 is 4.43 Å². The largest absolute Gasteiger partial charge is 0.410 e. The van der Waals surface area contributed by atoms with Crippen LogP contribution in [0.1, 0.15) is 54.9 Å². The summed E-state index contributed by atoms with van der Waals surface area (Å²) in [5, 5.41) is 0.114. The first-order chi connectivity index (χ1) is 11.2. The summed E-state index contributed by atoms with van der Waals surface area (Å²) in [5.74, 6) is 0.961. The molecule has 0 spiro atoms. The molecule has 25 heavy (non-hydrogen) atoms. The van der Waals surface area contributed by atoms with Crippen molar-refractivity contribution in [1.82, 2.24) is 4.90 Å². The Hall–Kier alpha value is -0.173. The molecule has 0 aromatic heterocycles. The Morgan fingerprint density at radius 1 is 1.36 bits per heavy atom. The van der Waals surface area contributed by atoms with Gasteiger partial charge in [0.25, 0.3) is 0 Å². The Balaban J connectivity index is 2.95. The van der Waals surface area contributed by atoms with Crippen molar-refractivity contribution in [3.8, 4) is 0 Å². The van der Waals surface area contributed by atoms with E-state index in [1.54, 1.807) is 11.8 Å². The number of amides is 1. The van der Waals surface area contributed by atoms with Gasteiger partial charge in [-0.3, -0.25) is 9.69 Å². The van der Waals surface area contributed by atoms with Gasteiger partial charge in [0, 0.05) is 5.75 Å². The predicted molar refractivity (Wildman–Crippen MR) is 117 cm³/mol. The number of allylic oxidation sites excluding steroid dienone is 1. The molecule has 0 unspecified atom stereocenters. The van der Waals surface area contributed by atoms with Gasteiger partial charge in [-0.1, -0.05) is 77.7 Å². The second kappa shape index (κ2) is 8.24. The fourth-order valence-corrected chi connectivity index (χ4v) is 5.55. The summed E-state index contributed by atoms with van der Waals surface area (Å²) >= 11 is 7.08. The average Bonchev–Trinajstić information content (AvgIpc) is 2.79. The molecule has 0 saturated carbocycles. The Labute approximate surface area is 165 Å². The maximum Gasteiger partial charge on any atom is 0.231 e. The van der Waals surface area contributed by atoms with Crippen LogP contribution in [0.2, 0.25) is 18.1 Å². The van der Waals surface area contributed by atoms with Gasteiger partial charge in [0.1, 0.15) is 4.32 Å². The fraction of sp³-hybridized carbons (Fsp3) is 0.789. The lowest BCUT2D eigenvalue weighted by Gasteiger charge is -2.39. The molecule has 3 nitrogen and oxygen atoms in total. The Kier molecular flexibility index (Phi) is 7.53. The quantitative estimate of drug-likeness (QED) is 0.340. The Bertz CT molecular complexity index is 533. The molecule has 2 atom stereocenters. The zero-order chi connectivity index (χ0) is 19.6. The first kappa shape index (κ1) is 22.9. The molecular formula is C19H35NO2S2Si. The van der Waals surface area contributed by atoms with Crippen LogP contribution in [-0.4, -0.2) is 41.3 Å². The van der Waals surface area contributed by atoms with E-state index in [2.05, 4.69) is 54.6 Å². The van der Waals surface area contributed by atoms with Gasteiger partial charge in [-0.25, -0.2) is 0 Å². The van der Waals surface area contributed by atoms with Gasteiger partial charge in [0.15, 0.2) is 8.32 Å². The van der Waals surface area contributed by atoms with Crippen LogP contribution in [0.15, 0.2) is 12.2 Å². The fourth-order valence-electron chi connectivity index (χ4n) is 2.52. The minimum Gasteiger partial charge on any atom is -0.410 e. The minimum atomic E-state index is -1.94. The van der Waals surface area contributed by atoms with E-state index in [0.29, 0.717) is 10.7 Å². The van der Waals surface area contributed by atoms with Crippen molar-refractivity contribution in [3.63, 3.8) is 0 Å². The van der Waals surface area contributed by atoms with Crippen LogP contribution in [0, 0.1) is 5.41 Å². The molecule has 1 heterocycles. The van der Waals surface area contributed by atoms with Gasteiger partial charge >= 0.3 is 0 Å². The molecule has 0 aromatic rings.